The fourth-order valence-corrected chi connectivity index (χ4v) is 3.27. The van der Waals surface area contributed by atoms with Gasteiger partial charge in [-0.2, -0.15) is 0 Å². The normalized spacial score (nSPS) is 12.2. The van der Waals surface area contributed by atoms with Crippen LogP contribution >= 0.6 is 27.5 Å². The van der Waals surface area contributed by atoms with Gasteiger partial charge in [0, 0.05) is 16.3 Å². The van der Waals surface area contributed by atoms with Crippen molar-refractivity contribution in [3.8, 4) is 5.75 Å². The quantitative estimate of drug-likeness (QED) is 0.660. The first-order valence-corrected chi connectivity index (χ1v) is 7.92. The number of alkyl halides is 1. The molecule has 0 fully saturated rings. The molecule has 0 amide bonds. The Morgan fingerprint density at radius 2 is 1.95 bits per heavy atom. The number of ether oxygens (including phenoxy) is 1. The van der Waals surface area contributed by atoms with Crippen LogP contribution in [0.15, 0.2) is 46.9 Å². The molecule has 0 aromatic heterocycles. The lowest BCUT2D eigenvalue weighted by molar-refractivity contribution is 0.408. The lowest BCUT2D eigenvalue weighted by Gasteiger charge is -2.18. The number of benzene rings is 2. The van der Waals surface area contributed by atoms with Gasteiger partial charge in [0.2, 0.25) is 0 Å². The zero-order valence-corrected chi connectivity index (χ0v) is 14.0. The second-order valence-electron chi connectivity index (χ2n) is 4.89. The van der Waals surface area contributed by atoms with Gasteiger partial charge in [0.25, 0.3) is 0 Å². The van der Waals surface area contributed by atoms with Crippen LogP contribution in [0.25, 0.3) is 0 Å². The summed E-state index contributed by atoms with van der Waals surface area (Å²) in [6.45, 7) is 2.09. The summed E-state index contributed by atoms with van der Waals surface area (Å²) in [4.78, 5) is 0. The molecule has 1 atom stereocenters. The average Bonchev–Trinajstić information content (AvgIpc) is 2.46. The van der Waals surface area contributed by atoms with E-state index in [4.69, 9.17) is 16.3 Å². The van der Waals surface area contributed by atoms with Gasteiger partial charge in [0.15, 0.2) is 0 Å². The van der Waals surface area contributed by atoms with Crippen LogP contribution in [0.2, 0.25) is 0 Å². The molecule has 0 bridgehead atoms. The summed E-state index contributed by atoms with van der Waals surface area (Å²) in [6, 6.07) is 14.5. The first-order chi connectivity index (χ1) is 9.65. The molecular weight excluding hydrogens is 336 g/mol. The van der Waals surface area contributed by atoms with Crippen molar-refractivity contribution in [2.24, 2.45) is 0 Å². The molecule has 0 saturated heterocycles. The van der Waals surface area contributed by atoms with E-state index >= 15 is 0 Å². The molecule has 0 aliphatic carbocycles. The molecule has 1 unspecified atom stereocenters. The highest BCUT2D eigenvalue weighted by Gasteiger charge is 2.16. The third kappa shape index (κ3) is 3.56. The zero-order chi connectivity index (χ0) is 14.5. The van der Waals surface area contributed by atoms with Crippen molar-refractivity contribution in [2.45, 2.75) is 19.3 Å². The Morgan fingerprint density at radius 1 is 1.20 bits per heavy atom. The van der Waals surface area contributed by atoms with Gasteiger partial charge in [-0.05, 0) is 36.6 Å². The van der Waals surface area contributed by atoms with Gasteiger partial charge in [-0.1, -0.05) is 51.8 Å². The molecule has 0 aliphatic heterocycles. The van der Waals surface area contributed by atoms with Crippen molar-refractivity contribution < 1.29 is 4.74 Å². The van der Waals surface area contributed by atoms with Crippen LogP contribution in [0, 0.1) is 6.92 Å². The summed E-state index contributed by atoms with van der Waals surface area (Å²) < 4.78 is 6.57. The Bertz CT molecular complexity index is 583. The predicted molar refractivity (Wildman–Crippen MR) is 89.0 cm³/mol. The van der Waals surface area contributed by atoms with Gasteiger partial charge in [0.05, 0.1) is 7.11 Å². The predicted octanol–water partition coefficient (Wildman–Crippen LogP) is 5.33. The lowest BCUT2D eigenvalue weighted by atomic mass is 9.92. The van der Waals surface area contributed by atoms with Gasteiger partial charge >= 0.3 is 0 Å². The van der Waals surface area contributed by atoms with Crippen molar-refractivity contribution in [3.63, 3.8) is 0 Å². The maximum absolute atomic E-state index is 6.20. The van der Waals surface area contributed by atoms with Crippen LogP contribution < -0.4 is 4.74 Å². The average molecular weight is 354 g/mol. The highest BCUT2D eigenvalue weighted by Crippen LogP contribution is 2.32. The monoisotopic (exact) mass is 352 g/mol. The van der Waals surface area contributed by atoms with E-state index in [-0.39, 0.29) is 5.92 Å². The largest absolute Gasteiger partial charge is 0.496 e. The summed E-state index contributed by atoms with van der Waals surface area (Å²) in [6.07, 6.45) is 0.872. The molecule has 0 heterocycles. The summed E-state index contributed by atoms with van der Waals surface area (Å²) >= 11 is 9.81. The standard InChI is InChI=1S/C17H18BrClO/c1-12-7-8-17(20-2)13(9-12)10-14(11-19)15-5-3-4-6-16(15)18/h3-9,14H,10-11H2,1-2H3. The molecule has 2 aromatic carbocycles. The number of rotatable bonds is 5. The molecule has 0 spiro atoms. The van der Waals surface area contributed by atoms with Crippen LogP contribution in [0.5, 0.6) is 5.75 Å². The second-order valence-corrected chi connectivity index (χ2v) is 6.06. The second kappa shape index (κ2) is 7.14. The van der Waals surface area contributed by atoms with Crippen LogP contribution in [-0.2, 0) is 6.42 Å². The van der Waals surface area contributed by atoms with E-state index in [0.717, 1.165) is 16.6 Å². The number of halogens is 2. The van der Waals surface area contributed by atoms with Gasteiger partial charge in [-0.3, -0.25) is 0 Å². The van der Waals surface area contributed by atoms with Crippen molar-refractivity contribution in [2.75, 3.05) is 13.0 Å². The van der Waals surface area contributed by atoms with E-state index < -0.39 is 0 Å². The number of hydrogen-bond donors (Lipinski definition) is 0. The fourth-order valence-electron chi connectivity index (χ4n) is 2.39. The smallest absolute Gasteiger partial charge is 0.122 e. The lowest BCUT2D eigenvalue weighted by Crippen LogP contribution is -2.07. The molecule has 20 heavy (non-hydrogen) atoms. The molecule has 0 radical (unpaired) electrons. The molecule has 2 aromatic rings. The van der Waals surface area contributed by atoms with E-state index in [1.807, 2.05) is 18.2 Å². The van der Waals surface area contributed by atoms with Crippen molar-refractivity contribution in [1.82, 2.24) is 0 Å². The van der Waals surface area contributed by atoms with E-state index in [0.29, 0.717) is 5.88 Å². The van der Waals surface area contributed by atoms with Crippen molar-refractivity contribution in [1.29, 1.82) is 0 Å². The summed E-state index contributed by atoms with van der Waals surface area (Å²) in [5.74, 6) is 1.78. The summed E-state index contributed by atoms with van der Waals surface area (Å²) in [5, 5.41) is 0. The minimum Gasteiger partial charge on any atom is -0.496 e. The van der Waals surface area contributed by atoms with Crippen molar-refractivity contribution >= 4 is 27.5 Å². The molecular formula is C17H18BrClO. The van der Waals surface area contributed by atoms with Crippen LogP contribution in [0.1, 0.15) is 22.6 Å². The fraction of sp³-hybridized carbons (Fsp3) is 0.294. The third-order valence-electron chi connectivity index (χ3n) is 3.43. The Kier molecular flexibility index (Phi) is 5.50. The molecule has 0 aliphatic rings. The minimum absolute atomic E-state index is 0.267. The first-order valence-electron chi connectivity index (χ1n) is 6.59. The van der Waals surface area contributed by atoms with E-state index in [2.05, 4.69) is 47.1 Å². The van der Waals surface area contributed by atoms with Crippen LogP contribution in [0.4, 0.5) is 0 Å². The van der Waals surface area contributed by atoms with Gasteiger partial charge in [-0.15, -0.1) is 11.6 Å². The maximum Gasteiger partial charge on any atom is 0.122 e. The highest BCUT2D eigenvalue weighted by atomic mass is 79.9. The molecule has 0 N–H and O–H groups in total. The van der Waals surface area contributed by atoms with Crippen LogP contribution in [-0.4, -0.2) is 13.0 Å². The third-order valence-corrected chi connectivity index (χ3v) is 4.53. The molecule has 1 nitrogen and oxygen atoms in total. The Labute approximate surface area is 134 Å². The number of aryl methyl sites for hydroxylation is 1. The van der Waals surface area contributed by atoms with E-state index in [1.165, 1.54) is 16.7 Å². The summed E-state index contributed by atoms with van der Waals surface area (Å²) in [7, 11) is 1.71. The molecule has 2 rings (SSSR count). The molecule has 106 valence electrons. The van der Waals surface area contributed by atoms with E-state index in [9.17, 15) is 0 Å². The van der Waals surface area contributed by atoms with Gasteiger partial charge in [-0.25, -0.2) is 0 Å². The highest BCUT2D eigenvalue weighted by molar-refractivity contribution is 9.10. The van der Waals surface area contributed by atoms with Gasteiger partial charge in [0.1, 0.15) is 5.75 Å². The SMILES string of the molecule is COc1ccc(C)cc1CC(CCl)c1ccccc1Br. The van der Waals surface area contributed by atoms with Crippen molar-refractivity contribution in [3.05, 3.63) is 63.6 Å². The minimum atomic E-state index is 0.267. The topological polar surface area (TPSA) is 9.23 Å². The van der Waals surface area contributed by atoms with Crippen LogP contribution in [0.3, 0.4) is 0 Å². The van der Waals surface area contributed by atoms with Gasteiger partial charge < -0.3 is 4.74 Å². The van der Waals surface area contributed by atoms with E-state index in [1.54, 1.807) is 7.11 Å². The first kappa shape index (κ1) is 15.4. The molecule has 0 saturated carbocycles. The zero-order valence-electron chi connectivity index (χ0n) is 11.7. The Hall–Kier alpha value is -0.990. The Balaban J connectivity index is 2.31. The number of methoxy groups -OCH3 is 1. The Morgan fingerprint density at radius 3 is 2.60 bits per heavy atom. The molecule has 3 heteroatoms. The number of hydrogen-bond acceptors (Lipinski definition) is 1. The maximum atomic E-state index is 6.20. The summed E-state index contributed by atoms with van der Waals surface area (Å²) in [5.41, 5.74) is 3.68.